The molecule has 0 spiro atoms. The monoisotopic (exact) mass is 342 g/mol. The summed E-state index contributed by atoms with van der Waals surface area (Å²) in [5, 5.41) is 13.8. The first-order valence-electron chi connectivity index (χ1n) is 8.28. The van der Waals surface area contributed by atoms with Crippen molar-refractivity contribution in [1.82, 2.24) is 9.78 Å². The van der Waals surface area contributed by atoms with E-state index in [9.17, 15) is 4.79 Å². The minimum Gasteiger partial charge on any atom is -0.365 e. The smallest absolute Gasteiger partial charge is 0.259 e. The zero-order chi connectivity index (χ0) is 18.5. The number of aromatic nitrogens is 2. The Balaban J connectivity index is 2.15. The molecule has 128 valence electrons. The maximum absolute atomic E-state index is 11.4. The van der Waals surface area contributed by atoms with Gasteiger partial charge in [0.05, 0.1) is 11.4 Å². The van der Waals surface area contributed by atoms with Crippen molar-refractivity contribution in [3.8, 4) is 23.0 Å². The molecule has 0 radical (unpaired) electrons. The molecule has 0 saturated carbocycles. The minimum atomic E-state index is -0.757. The zero-order valence-electron chi connectivity index (χ0n) is 14.4. The number of para-hydroxylation sites is 1. The van der Waals surface area contributed by atoms with Crippen LogP contribution >= 0.6 is 0 Å². The first-order chi connectivity index (χ1) is 12.6. The lowest BCUT2D eigenvalue weighted by molar-refractivity contribution is -0.114. The predicted molar refractivity (Wildman–Crippen MR) is 101 cm³/mol. The highest BCUT2D eigenvalue weighted by molar-refractivity contribution is 6.01. The molecular weight excluding hydrogens is 324 g/mol. The number of nitriles is 1. The van der Waals surface area contributed by atoms with E-state index in [0.717, 1.165) is 17.7 Å². The number of hydrogen-bond donors (Lipinski definition) is 1. The first-order valence-corrected chi connectivity index (χ1v) is 8.28. The Morgan fingerprint density at radius 1 is 1.19 bits per heavy atom. The summed E-state index contributed by atoms with van der Waals surface area (Å²) in [5.41, 5.74) is 9.54. The number of carbonyl (C=O) groups is 1. The highest BCUT2D eigenvalue weighted by Crippen LogP contribution is 2.26. The lowest BCUT2D eigenvalue weighted by atomic mass is 10.0. The standard InChI is InChI=1S/C21H18N4O/c1-2-15-8-10-16(11-9-15)20-18(12-17(13-22)21(23)26)14-25(24-20)19-6-4-3-5-7-19/h3-12,14H,2H2,1H3,(H2,23,26)/b17-12-. The Bertz CT molecular complexity index is 993. The summed E-state index contributed by atoms with van der Waals surface area (Å²) in [5.74, 6) is -0.757. The quantitative estimate of drug-likeness (QED) is 0.569. The number of rotatable bonds is 5. The van der Waals surface area contributed by atoms with Gasteiger partial charge in [-0.3, -0.25) is 4.79 Å². The van der Waals surface area contributed by atoms with Crippen molar-refractivity contribution in [3.05, 3.63) is 77.5 Å². The molecule has 2 aromatic carbocycles. The van der Waals surface area contributed by atoms with Crippen LogP contribution in [0.25, 0.3) is 23.0 Å². The maximum Gasteiger partial charge on any atom is 0.259 e. The molecule has 0 aliphatic rings. The van der Waals surface area contributed by atoms with Gasteiger partial charge in [0.15, 0.2) is 0 Å². The summed E-state index contributed by atoms with van der Waals surface area (Å²) in [7, 11) is 0. The molecule has 0 bridgehead atoms. The molecule has 2 N–H and O–H groups in total. The molecular formula is C21H18N4O. The van der Waals surface area contributed by atoms with Gasteiger partial charge in [0, 0.05) is 17.3 Å². The number of primary amides is 1. The van der Waals surface area contributed by atoms with Crippen LogP contribution in [0.1, 0.15) is 18.1 Å². The normalized spacial score (nSPS) is 11.2. The van der Waals surface area contributed by atoms with E-state index in [1.807, 2.05) is 60.7 Å². The fraction of sp³-hybridized carbons (Fsp3) is 0.0952. The topological polar surface area (TPSA) is 84.7 Å². The van der Waals surface area contributed by atoms with Crippen molar-refractivity contribution in [2.45, 2.75) is 13.3 Å². The third-order valence-electron chi connectivity index (χ3n) is 4.08. The molecule has 3 aromatic rings. The van der Waals surface area contributed by atoms with Crippen molar-refractivity contribution in [2.75, 3.05) is 0 Å². The second-order valence-corrected chi connectivity index (χ2v) is 5.80. The number of carbonyl (C=O) groups excluding carboxylic acids is 1. The molecule has 1 aromatic heterocycles. The van der Waals surface area contributed by atoms with Gasteiger partial charge >= 0.3 is 0 Å². The van der Waals surface area contributed by atoms with Crippen molar-refractivity contribution in [3.63, 3.8) is 0 Å². The van der Waals surface area contributed by atoms with Gasteiger partial charge in [-0.2, -0.15) is 10.4 Å². The first kappa shape index (κ1) is 17.2. The van der Waals surface area contributed by atoms with E-state index < -0.39 is 5.91 Å². The fourth-order valence-electron chi connectivity index (χ4n) is 2.64. The highest BCUT2D eigenvalue weighted by atomic mass is 16.1. The van der Waals surface area contributed by atoms with Crippen LogP contribution in [-0.2, 0) is 11.2 Å². The van der Waals surface area contributed by atoms with Gasteiger partial charge in [0.1, 0.15) is 11.6 Å². The maximum atomic E-state index is 11.4. The highest BCUT2D eigenvalue weighted by Gasteiger charge is 2.13. The van der Waals surface area contributed by atoms with Crippen molar-refractivity contribution < 1.29 is 4.79 Å². The van der Waals surface area contributed by atoms with Gasteiger partial charge in [-0.15, -0.1) is 0 Å². The molecule has 0 aliphatic carbocycles. The van der Waals surface area contributed by atoms with Crippen LogP contribution in [0.5, 0.6) is 0 Å². The minimum absolute atomic E-state index is 0.107. The van der Waals surface area contributed by atoms with Gasteiger partial charge in [-0.1, -0.05) is 49.4 Å². The van der Waals surface area contributed by atoms with E-state index in [1.165, 1.54) is 11.6 Å². The SMILES string of the molecule is CCc1ccc(-c2nn(-c3ccccc3)cc2/C=C(/C#N)C(N)=O)cc1. The Kier molecular flexibility index (Phi) is 4.95. The second kappa shape index (κ2) is 7.49. The van der Waals surface area contributed by atoms with Crippen LogP contribution in [0.3, 0.4) is 0 Å². The van der Waals surface area contributed by atoms with Crippen LogP contribution in [0.4, 0.5) is 0 Å². The van der Waals surface area contributed by atoms with Crippen LogP contribution in [-0.4, -0.2) is 15.7 Å². The van der Waals surface area contributed by atoms with Gasteiger partial charge < -0.3 is 5.73 Å². The van der Waals surface area contributed by atoms with E-state index in [1.54, 1.807) is 10.9 Å². The third-order valence-corrected chi connectivity index (χ3v) is 4.08. The van der Waals surface area contributed by atoms with Gasteiger partial charge in [0.25, 0.3) is 5.91 Å². The molecule has 1 heterocycles. The Morgan fingerprint density at radius 2 is 1.88 bits per heavy atom. The number of hydrogen-bond acceptors (Lipinski definition) is 3. The Labute approximate surface area is 152 Å². The van der Waals surface area contributed by atoms with Gasteiger partial charge in [0.2, 0.25) is 0 Å². The van der Waals surface area contributed by atoms with E-state index in [4.69, 9.17) is 11.0 Å². The van der Waals surface area contributed by atoms with Gasteiger partial charge in [-0.25, -0.2) is 4.68 Å². The zero-order valence-corrected chi connectivity index (χ0v) is 14.4. The molecule has 0 saturated heterocycles. The van der Waals surface area contributed by atoms with E-state index >= 15 is 0 Å². The van der Waals surface area contributed by atoms with E-state index in [-0.39, 0.29) is 5.57 Å². The van der Waals surface area contributed by atoms with Gasteiger partial charge in [-0.05, 0) is 30.2 Å². The molecule has 0 atom stereocenters. The van der Waals surface area contributed by atoms with Crippen LogP contribution in [0, 0.1) is 11.3 Å². The van der Waals surface area contributed by atoms with Crippen LogP contribution in [0.2, 0.25) is 0 Å². The summed E-state index contributed by atoms with van der Waals surface area (Å²) in [4.78, 5) is 11.4. The van der Waals surface area contributed by atoms with Crippen molar-refractivity contribution in [1.29, 1.82) is 5.26 Å². The van der Waals surface area contributed by atoms with Crippen LogP contribution < -0.4 is 5.73 Å². The number of benzene rings is 2. The van der Waals surface area contributed by atoms with Crippen molar-refractivity contribution in [2.24, 2.45) is 5.73 Å². The summed E-state index contributed by atoms with van der Waals surface area (Å²) in [6.07, 6.45) is 4.22. The molecule has 0 aliphatic heterocycles. The summed E-state index contributed by atoms with van der Waals surface area (Å²) < 4.78 is 1.73. The van der Waals surface area contributed by atoms with E-state index in [0.29, 0.717) is 11.3 Å². The number of nitrogens with two attached hydrogens (primary N) is 1. The Hall–Kier alpha value is -3.65. The lowest BCUT2D eigenvalue weighted by Gasteiger charge is -2.02. The van der Waals surface area contributed by atoms with Crippen LogP contribution in [0.15, 0.2) is 66.4 Å². The predicted octanol–water partition coefficient (Wildman–Crippen LogP) is 3.49. The molecule has 5 heteroatoms. The fourth-order valence-corrected chi connectivity index (χ4v) is 2.64. The average molecular weight is 342 g/mol. The summed E-state index contributed by atoms with van der Waals surface area (Å²) >= 11 is 0. The third kappa shape index (κ3) is 3.55. The lowest BCUT2D eigenvalue weighted by Crippen LogP contribution is -2.12. The Morgan fingerprint density at radius 3 is 2.46 bits per heavy atom. The number of nitrogens with zero attached hydrogens (tertiary/aromatic N) is 3. The molecule has 26 heavy (non-hydrogen) atoms. The summed E-state index contributed by atoms with van der Waals surface area (Å²) in [6.45, 7) is 2.10. The molecule has 1 amide bonds. The van der Waals surface area contributed by atoms with E-state index in [2.05, 4.69) is 12.0 Å². The van der Waals surface area contributed by atoms with Crippen molar-refractivity contribution >= 4 is 12.0 Å². The second-order valence-electron chi connectivity index (χ2n) is 5.80. The molecule has 5 nitrogen and oxygen atoms in total. The molecule has 0 unspecified atom stereocenters. The molecule has 3 rings (SSSR count). The average Bonchev–Trinajstić information content (AvgIpc) is 3.10. The number of aryl methyl sites for hydroxylation is 1. The molecule has 0 fully saturated rings. The number of amides is 1. The summed E-state index contributed by atoms with van der Waals surface area (Å²) in [6, 6.07) is 19.6. The largest absolute Gasteiger partial charge is 0.365 e.